The van der Waals surface area contributed by atoms with Gasteiger partial charge in [-0.25, -0.2) is 0 Å². The van der Waals surface area contributed by atoms with Crippen LogP contribution in [-0.2, 0) is 19.6 Å². The maximum atomic E-state index is 5.87. The molecule has 1 aromatic carbocycles. The van der Waals surface area contributed by atoms with Crippen LogP contribution in [0.1, 0.15) is 37.4 Å². The van der Waals surface area contributed by atoms with Crippen molar-refractivity contribution in [2.75, 3.05) is 0 Å². The number of nitrogens with one attached hydrogen (secondary N) is 1. The van der Waals surface area contributed by atoms with E-state index in [1.54, 1.807) is 0 Å². The zero-order chi connectivity index (χ0) is 13.2. The number of nitrogens with two attached hydrogens (primary N) is 1. The number of rotatable bonds is 5. The van der Waals surface area contributed by atoms with Crippen molar-refractivity contribution >= 4 is 10.9 Å². The first-order valence-corrected chi connectivity index (χ1v) is 7.37. The van der Waals surface area contributed by atoms with Gasteiger partial charge in [-0.1, -0.05) is 24.6 Å². The van der Waals surface area contributed by atoms with Crippen LogP contribution in [0, 0.1) is 0 Å². The highest BCUT2D eigenvalue weighted by Gasteiger charge is 2.17. The Morgan fingerprint density at radius 2 is 2.21 bits per heavy atom. The van der Waals surface area contributed by atoms with Crippen molar-refractivity contribution in [3.63, 3.8) is 0 Å². The molecule has 0 saturated heterocycles. The van der Waals surface area contributed by atoms with Crippen molar-refractivity contribution in [3.05, 3.63) is 35.5 Å². The number of aromatic nitrogens is 1. The van der Waals surface area contributed by atoms with Crippen LogP contribution in [0.25, 0.3) is 10.9 Å². The zero-order valence-electron chi connectivity index (χ0n) is 11.7. The quantitative estimate of drug-likeness (QED) is 0.865. The van der Waals surface area contributed by atoms with Gasteiger partial charge in [-0.2, -0.15) is 0 Å². The van der Waals surface area contributed by atoms with E-state index in [4.69, 9.17) is 5.73 Å². The maximum Gasteiger partial charge on any atom is 0.0528 e. The Hall–Kier alpha value is -1.32. The molecule has 1 saturated carbocycles. The van der Waals surface area contributed by atoms with Crippen molar-refractivity contribution in [2.24, 2.45) is 5.73 Å². The second kappa shape index (κ2) is 5.35. The fraction of sp³-hybridized carbons (Fsp3) is 0.500. The number of para-hydroxylation sites is 1. The Labute approximate surface area is 114 Å². The van der Waals surface area contributed by atoms with E-state index in [2.05, 4.69) is 41.1 Å². The van der Waals surface area contributed by atoms with Gasteiger partial charge in [-0.05, 0) is 31.4 Å². The van der Waals surface area contributed by atoms with Crippen molar-refractivity contribution in [3.8, 4) is 0 Å². The van der Waals surface area contributed by atoms with E-state index in [0.29, 0.717) is 6.54 Å². The molecule has 1 aromatic heterocycles. The van der Waals surface area contributed by atoms with Crippen molar-refractivity contribution in [1.29, 1.82) is 0 Å². The van der Waals surface area contributed by atoms with Crippen LogP contribution in [0.2, 0.25) is 0 Å². The van der Waals surface area contributed by atoms with Gasteiger partial charge in [0.05, 0.1) is 5.52 Å². The summed E-state index contributed by atoms with van der Waals surface area (Å²) in [5.41, 5.74) is 9.81. The summed E-state index contributed by atoms with van der Waals surface area (Å²) < 4.78 is 2.41. The standard InChI is InChI=1S/C16H23N3/c1-2-19-15(11-18-14-7-4-8-14)9-12-5-3-6-13(10-17)16(12)19/h3,5-6,9,14,18H,2,4,7-8,10-11,17H2,1H3. The number of fused-ring (bicyclic) bond motifs is 1. The molecule has 1 aliphatic carbocycles. The number of nitrogens with zero attached hydrogens (tertiary/aromatic N) is 1. The highest BCUT2D eigenvalue weighted by Crippen LogP contribution is 2.25. The summed E-state index contributed by atoms with van der Waals surface area (Å²) in [6.45, 7) is 4.79. The molecule has 3 heteroatoms. The lowest BCUT2D eigenvalue weighted by molar-refractivity contribution is 0.335. The number of hydrogen-bond acceptors (Lipinski definition) is 2. The minimum atomic E-state index is 0.608. The van der Waals surface area contributed by atoms with Crippen LogP contribution in [0.4, 0.5) is 0 Å². The predicted molar refractivity (Wildman–Crippen MR) is 80.0 cm³/mol. The summed E-state index contributed by atoms with van der Waals surface area (Å²) in [7, 11) is 0. The molecule has 1 heterocycles. The number of benzene rings is 1. The molecule has 3 N–H and O–H groups in total. The van der Waals surface area contributed by atoms with Gasteiger partial charge >= 0.3 is 0 Å². The molecule has 0 radical (unpaired) electrons. The summed E-state index contributed by atoms with van der Waals surface area (Å²) in [6, 6.07) is 9.47. The minimum absolute atomic E-state index is 0.608. The lowest BCUT2D eigenvalue weighted by Gasteiger charge is -2.26. The van der Waals surface area contributed by atoms with Gasteiger partial charge < -0.3 is 15.6 Å². The first kappa shape index (κ1) is 12.7. The molecular weight excluding hydrogens is 234 g/mol. The van der Waals surface area contributed by atoms with Gasteiger partial charge in [0.15, 0.2) is 0 Å². The Morgan fingerprint density at radius 3 is 2.84 bits per heavy atom. The van der Waals surface area contributed by atoms with Crippen molar-refractivity contribution < 1.29 is 0 Å². The topological polar surface area (TPSA) is 43.0 Å². The normalized spacial score (nSPS) is 15.9. The fourth-order valence-electron chi connectivity index (χ4n) is 2.99. The van der Waals surface area contributed by atoms with Crippen LogP contribution < -0.4 is 11.1 Å². The van der Waals surface area contributed by atoms with Gasteiger partial charge in [0, 0.05) is 36.8 Å². The zero-order valence-corrected chi connectivity index (χ0v) is 11.7. The summed E-state index contributed by atoms with van der Waals surface area (Å²) >= 11 is 0. The van der Waals surface area contributed by atoms with Gasteiger partial charge in [0.1, 0.15) is 0 Å². The highest BCUT2D eigenvalue weighted by molar-refractivity contribution is 5.84. The lowest BCUT2D eigenvalue weighted by atomic mass is 9.93. The first-order chi connectivity index (χ1) is 9.33. The average molecular weight is 257 g/mol. The van der Waals surface area contributed by atoms with Gasteiger partial charge in [0.2, 0.25) is 0 Å². The molecule has 1 aliphatic rings. The molecule has 19 heavy (non-hydrogen) atoms. The summed E-state index contributed by atoms with van der Waals surface area (Å²) in [5, 5.41) is 4.97. The molecule has 3 nitrogen and oxygen atoms in total. The van der Waals surface area contributed by atoms with Gasteiger partial charge in [-0.15, -0.1) is 0 Å². The van der Waals surface area contributed by atoms with E-state index >= 15 is 0 Å². The third-order valence-corrected chi connectivity index (χ3v) is 4.30. The Morgan fingerprint density at radius 1 is 1.37 bits per heavy atom. The van der Waals surface area contributed by atoms with Crippen LogP contribution in [-0.4, -0.2) is 10.6 Å². The minimum Gasteiger partial charge on any atom is -0.343 e. The molecule has 0 bridgehead atoms. The Bertz CT molecular complexity index is 567. The van der Waals surface area contributed by atoms with E-state index in [-0.39, 0.29) is 0 Å². The SMILES string of the molecule is CCn1c(CNC2CCC2)cc2cccc(CN)c21. The summed E-state index contributed by atoms with van der Waals surface area (Å²) in [4.78, 5) is 0. The van der Waals surface area contributed by atoms with Crippen LogP contribution in [0.3, 0.4) is 0 Å². The van der Waals surface area contributed by atoms with E-state index in [1.807, 2.05) is 0 Å². The van der Waals surface area contributed by atoms with Crippen LogP contribution in [0.5, 0.6) is 0 Å². The van der Waals surface area contributed by atoms with Gasteiger partial charge in [0.25, 0.3) is 0 Å². The number of hydrogen-bond donors (Lipinski definition) is 2. The summed E-state index contributed by atoms with van der Waals surface area (Å²) in [6.07, 6.45) is 4.05. The average Bonchev–Trinajstić information content (AvgIpc) is 2.74. The predicted octanol–water partition coefficient (Wildman–Crippen LogP) is 2.76. The maximum absolute atomic E-state index is 5.87. The molecular formula is C16H23N3. The lowest BCUT2D eigenvalue weighted by Crippen LogP contribution is -2.35. The molecule has 0 amide bonds. The molecule has 0 unspecified atom stereocenters. The molecule has 0 aliphatic heterocycles. The second-order valence-electron chi connectivity index (χ2n) is 5.45. The van der Waals surface area contributed by atoms with Gasteiger partial charge in [-0.3, -0.25) is 0 Å². The third kappa shape index (κ3) is 2.28. The monoisotopic (exact) mass is 257 g/mol. The molecule has 102 valence electrons. The Kier molecular flexibility index (Phi) is 3.58. The van der Waals surface area contributed by atoms with Crippen LogP contribution >= 0.6 is 0 Å². The molecule has 0 spiro atoms. The summed E-state index contributed by atoms with van der Waals surface area (Å²) in [5.74, 6) is 0. The van der Waals surface area contributed by atoms with Crippen LogP contribution in [0.15, 0.2) is 24.3 Å². The van der Waals surface area contributed by atoms with E-state index < -0.39 is 0 Å². The molecule has 0 atom stereocenters. The van der Waals surface area contributed by atoms with E-state index in [9.17, 15) is 0 Å². The fourth-order valence-corrected chi connectivity index (χ4v) is 2.99. The molecule has 3 rings (SSSR count). The first-order valence-electron chi connectivity index (χ1n) is 7.37. The van der Waals surface area contributed by atoms with Crippen molar-refractivity contribution in [2.45, 2.75) is 51.9 Å². The smallest absolute Gasteiger partial charge is 0.0528 e. The molecule has 1 fully saturated rings. The second-order valence-corrected chi connectivity index (χ2v) is 5.45. The Balaban J connectivity index is 1.94. The molecule has 2 aromatic rings. The van der Waals surface area contributed by atoms with Crippen molar-refractivity contribution in [1.82, 2.24) is 9.88 Å². The third-order valence-electron chi connectivity index (χ3n) is 4.30. The van der Waals surface area contributed by atoms with E-state index in [0.717, 1.165) is 19.1 Å². The van der Waals surface area contributed by atoms with E-state index in [1.165, 1.54) is 41.4 Å². The highest BCUT2D eigenvalue weighted by atomic mass is 15.0. The largest absolute Gasteiger partial charge is 0.343 e. The number of aryl methyl sites for hydroxylation is 1.